The zero-order chi connectivity index (χ0) is 9.97. The van der Waals surface area contributed by atoms with Gasteiger partial charge in [0.05, 0.1) is 29.6 Å². The highest BCUT2D eigenvalue weighted by atomic mass is 32.1. The van der Waals surface area contributed by atoms with Gasteiger partial charge in [0.15, 0.2) is 0 Å². The zero-order valence-corrected chi connectivity index (χ0v) is 8.61. The van der Waals surface area contributed by atoms with Gasteiger partial charge >= 0.3 is 0 Å². The molecule has 6 heteroatoms. The molecule has 0 amide bonds. The number of thiazole rings is 1. The minimum atomic E-state index is -0.0522. The Morgan fingerprint density at radius 2 is 2.50 bits per heavy atom. The molecule has 0 fully saturated rings. The smallest absolute Gasteiger partial charge is 0.0861 e. The molecule has 14 heavy (non-hydrogen) atoms. The van der Waals surface area contributed by atoms with Gasteiger partial charge in [-0.15, -0.1) is 16.4 Å². The molecule has 0 unspecified atom stereocenters. The van der Waals surface area contributed by atoms with Gasteiger partial charge in [0, 0.05) is 11.4 Å². The van der Waals surface area contributed by atoms with Crippen LogP contribution in [0.25, 0.3) is 0 Å². The molecule has 0 radical (unpaired) electrons. The number of hydrogen-bond acceptors (Lipinski definition) is 5. The quantitative estimate of drug-likeness (QED) is 0.811. The molecule has 0 saturated heterocycles. The third-order valence-corrected chi connectivity index (χ3v) is 2.54. The normalized spacial score (nSPS) is 13.0. The first-order chi connectivity index (χ1) is 6.77. The molecule has 74 valence electrons. The topological polar surface area (TPSA) is 69.6 Å². The Morgan fingerprint density at radius 3 is 3.14 bits per heavy atom. The molecule has 5 nitrogen and oxygen atoms in total. The van der Waals surface area contributed by atoms with Crippen LogP contribution < -0.4 is 5.73 Å². The van der Waals surface area contributed by atoms with E-state index in [1.54, 1.807) is 27.7 Å². The monoisotopic (exact) mass is 209 g/mol. The second-order valence-corrected chi connectivity index (χ2v) is 3.80. The van der Waals surface area contributed by atoms with Crippen LogP contribution in [0.1, 0.15) is 24.4 Å². The average Bonchev–Trinajstić information content (AvgIpc) is 2.75. The Bertz CT molecular complexity index is 392. The van der Waals surface area contributed by atoms with Crippen LogP contribution >= 0.6 is 11.3 Å². The molecule has 0 bridgehead atoms. The van der Waals surface area contributed by atoms with E-state index in [1.807, 2.05) is 12.3 Å². The van der Waals surface area contributed by atoms with E-state index in [0.29, 0.717) is 6.54 Å². The van der Waals surface area contributed by atoms with Gasteiger partial charge in [-0.05, 0) is 6.92 Å². The highest BCUT2D eigenvalue weighted by Gasteiger charge is 2.08. The lowest BCUT2D eigenvalue weighted by Crippen LogP contribution is -2.14. The first kappa shape index (κ1) is 9.29. The first-order valence-electron chi connectivity index (χ1n) is 4.28. The summed E-state index contributed by atoms with van der Waals surface area (Å²) >= 11 is 1.57. The molecule has 2 aromatic heterocycles. The van der Waals surface area contributed by atoms with Gasteiger partial charge in [-0.3, -0.25) is 0 Å². The van der Waals surface area contributed by atoms with Crippen LogP contribution in [0.5, 0.6) is 0 Å². The maximum absolute atomic E-state index is 5.77. The summed E-state index contributed by atoms with van der Waals surface area (Å²) in [5.74, 6) is 0. The van der Waals surface area contributed by atoms with Crippen LogP contribution in [0.15, 0.2) is 17.1 Å². The van der Waals surface area contributed by atoms with Crippen LogP contribution in [-0.4, -0.2) is 20.0 Å². The van der Waals surface area contributed by atoms with E-state index >= 15 is 0 Å². The molecule has 2 N–H and O–H groups in total. The van der Waals surface area contributed by atoms with Crippen molar-refractivity contribution >= 4 is 11.3 Å². The van der Waals surface area contributed by atoms with E-state index in [2.05, 4.69) is 15.3 Å². The van der Waals surface area contributed by atoms with Gasteiger partial charge in [0.25, 0.3) is 0 Å². The number of nitrogens with zero attached hydrogens (tertiary/aromatic N) is 4. The fourth-order valence-corrected chi connectivity index (χ4v) is 1.76. The fourth-order valence-electron chi connectivity index (χ4n) is 1.21. The van der Waals surface area contributed by atoms with Crippen LogP contribution in [0.4, 0.5) is 0 Å². The summed E-state index contributed by atoms with van der Waals surface area (Å²) in [6.07, 6.45) is 1.69. The lowest BCUT2D eigenvalue weighted by atomic mass is 10.3. The van der Waals surface area contributed by atoms with E-state index in [-0.39, 0.29) is 6.04 Å². The van der Waals surface area contributed by atoms with Crippen molar-refractivity contribution in [1.29, 1.82) is 0 Å². The van der Waals surface area contributed by atoms with Crippen LogP contribution in [0, 0.1) is 0 Å². The van der Waals surface area contributed by atoms with E-state index in [9.17, 15) is 0 Å². The Kier molecular flexibility index (Phi) is 2.55. The molecule has 1 atom stereocenters. The lowest BCUT2D eigenvalue weighted by Gasteiger charge is -2.06. The lowest BCUT2D eigenvalue weighted by molar-refractivity contribution is 0.584. The van der Waals surface area contributed by atoms with Gasteiger partial charge < -0.3 is 5.73 Å². The van der Waals surface area contributed by atoms with Crippen molar-refractivity contribution in [3.8, 4) is 0 Å². The highest BCUT2D eigenvalue weighted by Crippen LogP contribution is 2.09. The van der Waals surface area contributed by atoms with Crippen molar-refractivity contribution in [2.45, 2.75) is 19.5 Å². The molecule has 2 heterocycles. The minimum absolute atomic E-state index is 0.0522. The predicted octanol–water partition coefficient (Wildman–Crippen LogP) is 0.803. The van der Waals surface area contributed by atoms with Crippen molar-refractivity contribution in [2.75, 3.05) is 0 Å². The summed E-state index contributed by atoms with van der Waals surface area (Å²) < 4.78 is 1.78. The Balaban J connectivity index is 2.21. The standard InChI is InChI=1S/C8H11N5S/c1-6(9)8-2-11-12-13(8)3-7-4-14-5-10-7/h2,4-6H,3,9H2,1H3/t6-/m1/s1. The molecule has 0 aliphatic rings. The molecule has 0 spiro atoms. The zero-order valence-electron chi connectivity index (χ0n) is 7.79. The molecular weight excluding hydrogens is 198 g/mol. The third-order valence-electron chi connectivity index (χ3n) is 1.91. The molecular formula is C8H11N5S. The highest BCUT2D eigenvalue weighted by molar-refractivity contribution is 7.07. The van der Waals surface area contributed by atoms with Crippen molar-refractivity contribution in [2.24, 2.45) is 5.73 Å². The molecule has 2 rings (SSSR count). The first-order valence-corrected chi connectivity index (χ1v) is 5.22. The van der Waals surface area contributed by atoms with Crippen molar-refractivity contribution in [3.05, 3.63) is 28.5 Å². The van der Waals surface area contributed by atoms with Crippen molar-refractivity contribution in [3.63, 3.8) is 0 Å². The molecule has 0 aliphatic carbocycles. The van der Waals surface area contributed by atoms with Gasteiger partial charge in [0.1, 0.15) is 0 Å². The Labute approximate surface area is 85.6 Å². The SMILES string of the molecule is C[C@@H](N)c1cnnn1Cc1cscn1. The average molecular weight is 209 g/mol. The predicted molar refractivity (Wildman–Crippen MR) is 53.8 cm³/mol. The third kappa shape index (κ3) is 1.80. The second-order valence-electron chi connectivity index (χ2n) is 3.08. The Hall–Kier alpha value is -1.27. The van der Waals surface area contributed by atoms with Crippen LogP contribution in [-0.2, 0) is 6.54 Å². The van der Waals surface area contributed by atoms with Gasteiger partial charge in [0.2, 0.25) is 0 Å². The fraction of sp³-hybridized carbons (Fsp3) is 0.375. The number of hydrogen-bond donors (Lipinski definition) is 1. The molecule has 0 aliphatic heterocycles. The number of rotatable bonds is 3. The van der Waals surface area contributed by atoms with Gasteiger partial charge in [-0.1, -0.05) is 5.21 Å². The van der Waals surface area contributed by atoms with Crippen molar-refractivity contribution in [1.82, 2.24) is 20.0 Å². The maximum atomic E-state index is 5.77. The largest absolute Gasteiger partial charge is 0.323 e. The summed E-state index contributed by atoms with van der Waals surface area (Å²) in [4.78, 5) is 4.18. The summed E-state index contributed by atoms with van der Waals surface area (Å²) in [5, 5.41) is 9.79. The Morgan fingerprint density at radius 1 is 1.64 bits per heavy atom. The van der Waals surface area contributed by atoms with E-state index < -0.39 is 0 Å². The van der Waals surface area contributed by atoms with E-state index in [4.69, 9.17) is 5.73 Å². The summed E-state index contributed by atoms with van der Waals surface area (Å²) in [6, 6.07) is -0.0522. The van der Waals surface area contributed by atoms with Gasteiger partial charge in [-0.2, -0.15) is 0 Å². The summed E-state index contributed by atoms with van der Waals surface area (Å²) in [7, 11) is 0. The van der Waals surface area contributed by atoms with Crippen LogP contribution in [0.3, 0.4) is 0 Å². The summed E-state index contributed by atoms with van der Waals surface area (Å²) in [6.45, 7) is 2.55. The second kappa shape index (κ2) is 3.85. The molecule has 2 aromatic rings. The van der Waals surface area contributed by atoms with Gasteiger partial charge in [-0.25, -0.2) is 9.67 Å². The molecule has 0 aromatic carbocycles. The number of nitrogens with two attached hydrogens (primary N) is 1. The van der Waals surface area contributed by atoms with E-state index in [1.165, 1.54) is 0 Å². The minimum Gasteiger partial charge on any atom is -0.323 e. The number of aromatic nitrogens is 4. The van der Waals surface area contributed by atoms with Crippen LogP contribution in [0.2, 0.25) is 0 Å². The molecule has 0 saturated carbocycles. The maximum Gasteiger partial charge on any atom is 0.0861 e. The summed E-state index contributed by atoms with van der Waals surface area (Å²) in [5.41, 5.74) is 9.49. The van der Waals surface area contributed by atoms with E-state index in [0.717, 1.165) is 11.4 Å². The van der Waals surface area contributed by atoms with Crippen molar-refractivity contribution < 1.29 is 0 Å².